The summed E-state index contributed by atoms with van der Waals surface area (Å²) in [5.41, 5.74) is 0.528. The number of para-hydroxylation sites is 1. The third kappa shape index (κ3) is 2.48. The van der Waals surface area contributed by atoms with Gasteiger partial charge >= 0.3 is 0 Å². The van der Waals surface area contributed by atoms with Crippen LogP contribution in [0.2, 0.25) is 0 Å². The van der Waals surface area contributed by atoms with Crippen molar-refractivity contribution in [3.8, 4) is 0 Å². The second-order valence-corrected chi connectivity index (χ2v) is 4.29. The molecule has 3 rings (SSSR count). The molecule has 0 atom stereocenters. The van der Waals surface area contributed by atoms with Gasteiger partial charge in [-0.05, 0) is 12.1 Å². The van der Waals surface area contributed by atoms with Crippen LogP contribution in [0.3, 0.4) is 0 Å². The molecule has 0 N–H and O–H groups in total. The predicted molar refractivity (Wildman–Crippen MR) is 72.3 cm³/mol. The third-order valence-electron chi connectivity index (χ3n) is 3.03. The Hall–Kier alpha value is -2.21. The molecule has 19 heavy (non-hydrogen) atoms. The molecular weight excluding hydrogens is 244 g/mol. The van der Waals surface area contributed by atoms with E-state index in [-0.39, 0.29) is 5.56 Å². The summed E-state index contributed by atoms with van der Waals surface area (Å²) in [5, 5.41) is 4.74. The molecule has 2 aromatic rings. The Morgan fingerprint density at radius 3 is 2.89 bits per heavy atom. The van der Waals surface area contributed by atoms with Crippen LogP contribution in [0.25, 0.3) is 10.9 Å². The van der Waals surface area contributed by atoms with E-state index in [1.807, 2.05) is 23.1 Å². The fourth-order valence-corrected chi connectivity index (χ4v) is 1.96. The fourth-order valence-electron chi connectivity index (χ4n) is 1.96. The molecule has 6 heteroatoms. The molecule has 0 unspecified atom stereocenters. The van der Waals surface area contributed by atoms with Crippen LogP contribution in [0.5, 0.6) is 0 Å². The normalized spacial score (nSPS) is 16.3. The van der Waals surface area contributed by atoms with Gasteiger partial charge in [0.15, 0.2) is 0 Å². The van der Waals surface area contributed by atoms with Crippen LogP contribution >= 0.6 is 0 Å². The van der Waals surface area contributed by atoms with Crippen LogP contribution in [0.4, 0.5) is 0 Å². The minimum absolute atomic E-state index is 0.157. The molecule has 0 aliphatic carbocycles. The summed E-state index contributed by atoms with van der Waals surface area (Å²) in [6, 6.07) is 7.25. The van der Waals surface area contributed by atoms with Gasteiger partial charge in [-0.2, -0.15) is 9.78 Å². The number of aromatic nitrogens is 2. The summed E-state index contributed by atoms with van der Waals surface area (Å²) in [7, 11) is 0. The quantitative estimate of drug-likeness (QED) is 0.582. The largest absolute Gasteiger partial charge is 0.378 e. The van der Waals surface area contributed by atoms with Gasteiger partial charge in [0.05, 0.1) is 24.1 Å². The van der Waals surface area contributed by atoms with E-state index < -0.39 is 0 Å². The van der Waals surface area contributed by atoms with E-state index in [2.05, 4.69) is 10.1 Å². The Bertz CT molecular complexity index is 659. The average Bonchev–Trinajstić information content (AvgIpc) is 2.48. The molecule has 1 aliphatic rings. The number of morpholine rings is 1. The van der Waals surface area contributed by atoms with Gasteiger partial charge in [-0.1, -0.05) is 12.1 Å². The highest BCUT2D eigenvalue weighted by Crippen LogP contribution is 2.04. The highest BCUT2D eigenvalue weighted by Gasteiger charge is 2.06. The number of rotatable bonds is 2. The van der Waals surface area contributed by atoms with Crippen LogP contribution in [0.15, 0.2) is 40.5 Å². The Labute approximate surface area is 109 Å². The second-order valence-electron chi connectivity index (χ2n) is 4.29. The first-order chi connectivity index (χ1) is 9.34. The molecule has 0 saturated carbocycles. The number of fused-ring (bicyclic) bond motifs is 1. The molecule has 2 heterocycles. The maximum atomic E-state index is 12.2. The summed E-state index contributed by atoms with van der Waals surface area (Å²) in [6.07, 6.45) is 3.11. The van der Waals surface area contributed by atoms with Gasteiger partial charge in [-0.15, -0.1) is 0 Å². The van der Waals surface area contributed by atoms with Crippen molar-refractivity contribution in [1.82, 2.24) is 14.6 Å². The van der Waals surface area contributed by atoms with Crippen molar-refractivity contribution < 1.29 is 4.74 Å². The van der Waals surface area contributed by atoms with Crippen molar-refractivity contribution >= 4 is 17.2 Å². The third-order valence-corrected chi connectivity index (χ3v) is 3.03. The van der Waals surface area contributed by atoms with Crippen molar-refractivity contribution in [2.75, 3.05) is 26.3 Å². The molecule has 1 saturated heterocycles. The van der Waals surface area contributed by atoms with Gasteiger partial charge in [0.1, 0.15) is 12.7 Å². The first kappa shape index (κ1) is 11.9. The number of nitrogens with zero attached hydrogens (tertiary/aromatic N) is 4. The smallest absolute Gasteiger partial charge is 0.281 e. The molecule has 98 valence electrons. The Morgan fingerprint density at radius 1 is 1.26 bits per heavy atom. The molecule has 1 aliphatic heterocycles. The van der Waals surface area contributed by atoms with E-state index in [4.69, 9.17) is 4.74 Å². The lowest BCUT2D eigenvalue weighted by Crippen LogP contribution is -2.35. The molecule has 6 nitrogen and oxygen atoms in total. The summed E-state index contributed by atoms with van der Waals surface area (Å²) < 4.78 is 6.51. The van der Waals surface area contributed by atoms with Crippen LogP contribution in [-0.4, -0.2) is 47.2 Å². The maximum absolute atomic E-state index is 12.2. The summed E-state index contributed by atoms with van der Waals surface area (Å²) >= 11 is 0. The highest BCUT2D eigenvalue weighted by molar-refractivity contribution is 5.76. The minimum atomic E-state index is -0.157. The molecular formula is C13H14N4O2. The highest BCUT2D eigenvalue weighted by atomic mass is 16.5. The molecule has 0 spiro atoms. The van der Waals surface area contributed by atoms with E-state index in [0.717, 1.165) is 13.1 Å². The summed E-state index contributed by atoms with van der Waals surface area (Å²) in [6.45, 7) is 2.96. The SMILES string of the molecule is O=c1c2ccccc2ncn1N=CN1CCOCC1. The van der Waals surface area contributed by atoms with E-state index in [0.29, 0.717) is 24.1 Å². The molecule has 1 aromatic carbocycles. The van der Waals surface area contributed by atoms with Crippen LogP contribution < -0.4 is 5.56 Å². The van der Waals surface area contributed by atoms with Crippen molar-refractivity contribution in [3.05, 3.63) is 40.9 Å². The van der Waals surface area contributed by atoms with Gasteiger partial charge in [0.25, 0.3) is 5.56 Å². The zero-order valence-corrected chi connectivity index (χ0v) is 10.4. The van der Waals surface area contributed by atoms with Gasteiger partial charge in [-0.25, -0.2) is 4.98 Å². The van der Waals surface area contributed by atoms with E-state index in [9.17, 15) is 4.79 Å². The lowest BCUT2D eigenvalue weighted by Gasteiger charge is -2.23. The number of ether oxygens (including phenoxy) is 1. The molecule has 0 amide bonds. The van der Waals surface area contributed by atoms with Crippen molar-refractivity contribution in [2.45, 2.75) is 0 Å². The monoisotopic (exact) mass is 258 g/mol. The number of hydrogen-bond acceptors (Lipinski definition) is 4. The maximum Gasteiger partial charge on any atom is 0.281 e. The Kier molecular flexibility index (Phi) is 3.24. The van der Waals surface area contributed by atoms with Gasteiger partial charge in [-0.3, -0.25) is 4.79 Å². The van der Waals surface area contributed by atoms with Gasteiger partial charge < -0.3 is 9.64 Å². The fraction of sp³-hybridized carbons (Fsp3) is 0.308. The van der Waals surface area contributed by atoms with E-state index >= 15 is 0 Å². The van der Waals surface area contributed by atoms with Crippen LogP contribution in [0.1, 0.15) is 0 Å². The lowest BCUT2D eigenvalue weighted by atomic mass is 10.2. The molecule has 1 fully saturated rings. The Morgan fingerprint density at radius 2 is 2.05 bits per heavy atom. The molecule has 0 radical (unpaired) electrons. The van der Waals surface area contributed by atoms with Crippen molar-refractivity contribution in [3.63, 3.8) is 0 Å². The van der Waals surface area contributed by atoms with Gasteiger partial charge in [0.2, 0.25) is 0 Å². The number of hydrogen-bond donors (Lipinski definition) is 0. The van der Waals surface area contributed by atoms with Crippen molar-refractivity contribution in [1.29, 1.82) is 0 Å². The summed E-state index contributed by atoms with van der Waals surface area (Å²) in [5.74, 6) is 0. The van der Waals surface area contributed by atoms with Gasteiger partial charge in [0, 0.05) is 13.1 Å². The molecule has 1 aromatic heterocycles. The van der Waals surface area contributed by atoms with E-state index in [1.54, 1.807) is 12.4 Å². The number of benzene rings is 1. The van der Waals surface area contributed by atoms with Crippen molar-refractivity contribution in [2.24, 2.45) is 5.10 Å². The molecule has 0 bridgehead atoms. The zero-order valence-electron chi connectivity index (χ0n) is 10.4. The first-order valence-corrected chi connectivity index (χ1v) is 6.17. The average molecular weight is 258 g/mol. The second kappa shape index (κ2) is 5.19. The topological polar surface area (TPSA) is 59.7 Å². The lowest BCUT2D eigenvalue weighted by molar-refractivity contribution is 0.0699. The minimum Gasteiger partial charge on any atom is -0.378 e. The van der Waals surface area contributed by atoms with Crippen LogP contribution in [-0.2, 0) is 4.74 Å². The standard InChI is InChI=1S/C13H14N4O2/c18-13-11-3-1-2-4-12(11)14-9-17(13)15-10-16-5-7-19-8-6-16/h1-4,9-10H,5-8H2. The zero-order chi connectivity index (χ0) is 13.1. The first-order valence-electron chi connectivity index (χ1n) is 6.17. The van der Waals surface area contributed by atoms with Crippen LogP contribution in [0, 0.1) is 0 Å². The predicted octanol–water partition coefficient (Wildman–Crippen LogP) is 0.520. The Balaban J connectivity index is 1.90. The summed E-state index contributed by atoms with van der Waals surface area (Å²) in [4.78, 5) is 18.4. The van der Waals surface area contributed by atoms with E-state index in [1.165, 1.54) is 11.0 Å².